The highest BCUT2D eigenvalue weighted by molar-refractivity contribution is 6.08. The Morgan fingerprint density at radius 1 is 1.31 bits per heavy atom. The summed E-state index contributed by atoms with van der Waals surface area (Å²) in [6.07, 6.45) is 3.30. The van der Waals surface area contributed by atoms with Crippen LogP contribution in [-0.4, -0.2) is 12.4 Å². The van der Waals surface area contributed by atoms with Crippen LogP contribution in [0.4, 0.5) is 0 Å². The molecular formula is C13H15NO2. The Kier molecular flexibility index (Phi) is 3.37. The lowest BCUT2D eigenvalue weighted by molar-refractivity contribution is 0.101. The Bertz CT molecular complexity index is 406. The molecule has 84 valence electrons. The standard InChI is InChI=1S/C13H15NO2/c14-8-10-3-5-11(6-4-10)13(15)12-2-1-7-16-9-12/h3-6,9H,1-2,7-8,14H2. The average Bonchev–Trinajstić information content (AvgIpc) is 2.39. The molecule has 0 amide bonds. The monoisotopic (exact) mass is 217 g/mol. The van der Waals surface area contributed by atoms with Gasteiger partial charge in [0, 0.05) is 17.7 Å². The van der Waals surface area contributed by atoms with Crippen molar-refractivity contribution in [2.24, 2.45) is 5.73 Å². The normalized spacial score (nSPS) is 15.2. The summed E-state index contributed by atoms with van der Waals surface area (Å²) in [4.78, 5) is 12.0. The second kappa shape index (κ2) is 4.94. The minimum Gasteiger partial charge on any atom is -0.501 e. The summed E-state index contributed by atoms with van der Waals surface area (Å²) in [5.41, 5.74) is 7.99. The first kappa shape index (κ1) is 10.9. The molecule has 1 aliphatic heterocycles. The lowest BCUT2D eigenvalue weighted by atomic mass is 9.99. The van der Waals surface area contributed by atoms with Gasteiger partial charge in [0.25, 0.3) is 0 Å². The van der Waals surface area contributed by atoms with Gasteiger partial charge in [0.2, 0.25) is 0 Å². The highest BCUT2D eigenvalue weighted by Crippen LogP contribution is 2.17. The lowest BCUT2D eigenvalue weighted by Gasteiger charge is -2.12. The highest BCUT2D eigenvalue weighted by Gasteiger charge is 2.14. The molecule has 0 unspecified atom stereocenters. The fourth-order valence-corrected chi connectivity index (χ4v) is 1.71. The maximum absolute atomic E-state index is 12.0. The van der Waals surface area contributed by atoms with E-state index in [2.05, 4.69) is 0 Å². The Hall–Kier alpha value is -1.61. The van der Waals surface area contributed by atoms with Crippen LogP contribution in [0.2, 0.25) is 0 Å². The van der Waals surface area contributed by atoms with E-state index in [-0.39, 0.29) is 5.78 Å². The molecule has 3 heteroatoms. The van der Waals surface area contributed by atoms with E-state index in [4.69, 9.17) is 10.5 Å². The van der Waals surface area contributed by atoms with Gasteiger partial charge in [0.05, 0.1) is 12.9 Å². The van der Waals surface area contributed by atoms with Crippen LogP contribution in [0.1, 0.15) is 28.8 Å². The van der Waals surface area contributed by atoms with Crippen LogP contribution >= 0.6 is 0 Å². The van der Waals surface area contributed by atoms with Crippen LogP contribution in [-0.2, 0) is 11.3 Å². The maximum Gasteiger partial charge on any atom is 0.192 e. The molecule has 0 saturated heterocycles. The Morgan fingerprint density at radius 2 is 2.06 bits per heavy atom. The van der Waals surface area contributed by atoms with Crippen LogP contribution in [0.25, 0.3) is 0 Å². The smallest absolute Gasteiger partial charge is 0.192 e. The number of carbonyl (C=O) groups is 1. The largest absolute Gasteiger partial charge is 0.501 e. The van der Waals surface area contributed by atoms with Crippen LogP contribution in [0, 0.1) is 0 Å². The van der Waals surface area contributed by atoms with Gasteiger partial charge in [0.15, 0.2) is 5.78 Å². The van der Waals surface area contributed by atoms with Crippen molar-refractivity contribution in [3.63, 3.8) is 0 Å². The third-order valence-corrected chi connectivity index (χ3v) is 2.68. The zero-order valence-corrected chi connectivity index (χ0v) is 9.11. The number of carbonyl (C=O) groups excluding carboxylic acids is 1. The number of allylic oxidation sites excluding steroid dienone is 1. The van der Waals surface area contributed by atoms with E-state index in [0.717, 1.165) is 24.0 Å². The summed E-state index contributed by atoms with van der Waals surface area (Å²) < 4.78 is 5.17. The van der Waals surface area contributed by atoms with E-state index in [1.165, 1.54) is 0 Å². The average molecular weight is 217 g/mol. The first-order valence-electron chi connectivity index (χ1n) is 5.45. The summed E-state index contributed by atoms with van der Waals surface area (Å²) in [5, 5.41) is 0. The SMILES string of the molecule is NCc1ccc(C(=O)C2=COCCC2)cc1. The number of rotatable bonds is 3. The number of ketones is 1. The molecule has 3 nitrogen and oxygen atoms in total. The molecule has 16 heavy (non-hydrogen) atoms. The summed E-state index contributed by atoms with van der Waals surface area (Å²) in [5.74, 6) is 0.0586. The van der Waals surface area contributed by atoms with Gasteiger partial charge >= 0.3 is 0 Å². The highest BCUT2D eigenvalue weighted by atomic mass is 16.5. The zero-order valence-electron chi connectivity index (χ0n) is 9.11. The quantitative estimate of drug-likeness (QED) is 0.788. The molecule has 0 bridgehead atoms. The fraction of sp³-hybridized carbons (Fsp3) is 0.308. The van der Waals surface area contributed by atoms with Gasteiger partial charge in [-0.3, -0.25) is 4.79 Å². The van der Waals surface area contributed by atoms with Gasteiger partial charge < -0.3 is 10.5 Å². The molecule has 1 aromatic rings. The second-order valence-electron chi connectivity index (χ2n) is 3.85. The summed E-state index contributed by atoms with van der Waals surface area (Å²) >= 11 is 0. The fourth-order valence-electron chi connectivity index (χ4n) is 1.71. The molecule has 1 aromatic carbocycles. The van der Waals surface area contributed by atoms with Gasteiger partial charge in [0.1, 0.15) is 0 Å². The molecule has 2 rings (SSSR count). The van der Waals surface area contributed by atoms with E-state index >= 15 is 0 Å². The van der Waals surface area contributed by atoms with Crippen molar-refractivity contribution in [1.82, 2.24) is 0 Å². The van der Waals surface area contributed by atoms with Crippen molar-refractivity contribution in [1.29, 1.82) is 0 Å². The van der Waals surface area contributed by atoms with Crippen molar-refractivity contribution in [2.75, 3.05) is 6.61 Å². The van der Waals surface area contributed by atoms with Crippen molar-refractivity contribution in [2.45, 2.75) is 19.4 Å². The Morgan fingerprint density at radius 3 is 2.62 bits per heavy atom. The zero-order chi connectivity index (χ0) is 11.4. The van der Waals surface area contributed by atoms with E-state index in [0.29, 0.717) is 18.7 Å². The molecular weight excluding hydrogens is 202 g/mol. The molecule has 0 radical (unpaired) electrons. The van der Waals surface area contributed by atoms with Gasteiger partial charge in [-0.05, 0) is 18.4 Å². The van der Waals surface area contributed by atoms with E-state index < -0.39 is 0 Å². The molecule has 0 aliphatic carbocycles. The first-order valence-corrected chi connectivity index (χ1v) is 5.45. The van der Waals surface area contributed by atoms with Crippen LogP contribution in [0.3, 0.4) is 0 Å². The summed E-state index contributed by atoms with van der Waals surface area (Å²) in [6.45, 7) is 1.21. The van der Waals surface area contributed by atoms with Gasteiger partial charge in [-0.2, -0.15) is 0 Å². The number of hydrogen-bond acceptors (Lipinski definition) is 3. The number of benzene rings is 1. The minimum atomic E-state index is 0.0586. The molecule has 0 atom stereocenters. The van der Waals surface area contributed by atoms with Crippen LogP contribution < -0.4 is 5.73 Å². The van der Waals surface area contributed by atoms with Crippen molar-refractivity contribution < 1.29 is 9.53 Å². The van der Waals surface area contributed by atoms with E-state index in [9.17, 15) is 4.79 Å². The number of nitrogens with two attached hydrogens (primary N) is 1. The minimum absolute atomic E-state index is 0.0586. The van der Waals surface area contributed by atoms with Gasteiger partial charge in [-0.1, -0.05) is 24.3 Å². The third kappa shape index (κ3) is 2.31. The Labute approximate surface area is 94.9 Å². The molecule has 0 saturated carbocycles. The molecule has 0 aromatic heterocycles. The first-order chi connectivity index (χ1) is 7.81. The molecule has 0 spiro atoms. The predicted octanol–water partition coefficient (Wildman–Crippen LogP) is 2.02. The van der Waals surface area contributed by atoms with E-state index in [1.54, 1.807) is 6.26 Å². The topological polar surface area (TPSA) is 52.3 Å². The van der Waals surface area contributed by atoms with Gasteiger partial charge in [-0.15, -0.1) is 0 Å². The number of Topliss-reactive ketones (excluding diaryl/α,β-unsaturated/α-hetero) is 1. The maximum atomic E-state index is 12.0. The van der Waals surface area contributed by atoms with E-state index in [1.807, 2.05) is 24.3 Å². The predicted molar refractivity (Wildman–Crippen MR) is 61.9 cm³/mol. The summed E-state index contributed by atoms with van der Waals surface area (Å²) in [7, 11) is 0. The molecule has 0 fully saturated rings. The number of hydrogen-bond donors (Lipinski definition) is 1. The van der Waals surface area contributed by atoms with Crippen molar-refractivity contribution >= 4 is 5.78 Å². The second-order valence-corrected chi connectivity index (χ2v) is 3.85. The Balaban J connectivity index is 2.16. The third-order valence-electron chi connectivity index (χ3n) is 2.68. The molecule has 2 N–H and O–H groups in total. The van der Waals surface area contributed by atoms with Crippen LogP contribution in [0.5, 0.6) is 0 Å². The van der Waals surface area contributed by atoms with Crippen LogP contribution in [0.15, 0.2) is 36.1 Å². The van der Waals surface area contributed by atoms with Crippen molar-refractivity contribution in [3.05, 3.63) is 47.2 Å². The summed E-state index contributed by atoms with van der Waals surface area (Å²) in [6, 6.07) is 7.41. The lowest BCUT2D eigenvalue weighted by Crippen LogP contribution is -2.09. The molecule has 1 aliphatic rings. The molecule has 1 heterocycles. The van der Waals surface area contributed by atoms with Gasteiger partial charge in [-0.25, -0.2) is 0 Å². The van der Waals surface area contributed by atoms with Crippen molar-refractivity contribution in [3.8, 4) is 0 Å². The number of ether oxygens (including phenoxy) is 1.